The first kappa shape index (κ1) is 29.4. The SMILES string of the molecule is CC(C)OC(C)N1/C(=C/C2C(O)C(c3c(C(F)(F)F)nn(-c4ccccc4)c3O)C2O)C(C)(C)c2cc(Cl)ccc21. The molecular weight excluding hydrogens is 559 g/mol. The van der Waals surface area contributed by atoms with Crippen molar-refractivity contribution in [2.24, 2.45) is 5.92 Å². The van der Waals surface area contributed by atoms with Crippen molar-refractivity contribution in [1.82, 2.24) is 9.78 Å². The normalized spacial score (nSPS) is 25.5. The van der Waals surface area contributed by atoms with E-state index >= 15 is 0 Å². The van der Waals surface area contributed by atoms with E-state index in [0.29, 0.717) is 10.7 Å². The summed E-state index contributed by atoms with van der Waals surface area (Å²) < 4.78 is 49.1. The summed E-state index contributed by atoms with van der Waals surface area (Å²) in [6.07, 6.45) is -6.61. The Kier molecular flexibility index (Phi) is 7.43. The van der Waals surface area contributed by atoms with Crippen LogP contribution in [0.4, 0.5) is 18.9 Å². The topological polar surface area (TPSA) is 91.0 Å². The van der Waals surface area contributed by atoms with E-state index in [-0.39, 0.29) is 11.8 Å². The van der Waals surface area contributed by atoms with Crippen molar-refractivity contribution < 1.29 is 33.2 Å². The average molecular weight is 592 g/mol. The molecule has 3 unspecified atom stereocenters. The minimum atomic E-state index is -4.93. The molecule has 5 rings (SSSR count). The number of aliphatic hydroxyl groups excluding tert-OH is 2. The zero-order chi connectivity index (χ0) is 30.0. The summed E-state index contributed by atoms with van der Waals surface area (Å²) in [4.78, 5) is 1.96. The third-order valence-corrected chi connectivity index (χ3v) is 8.23. The Morgan fingerprint density at radius 3 is 2.27 bits per heavy atom. The van der Waals surface area contributed by atoms with Crippen molar-refractivity contribution in [3.63, 3.8) is 0 Å². The summed E-state index contributed by atoms with van der Waals surface area (Å²) in [5.74, 6) is -3.11. The number of rotatable bonds is 6. The van der Waals surface area contributed by atoms with Crippen LogP contribution < -0.4 is 4.90 Å². The fourth-order valence-corrected chi connectivity index (χ4v) is 6.24. The van der Waals surface area contributed by atoms with Crippen LogP contribution in [0.15, 0.2) is 60.3 Å². The molecule has 220 valence electrons. The maximum Gasteiger partial charge on any atom is 0.435 e. The average Bonchev–Trinajstić information content (AvgIpc) is 3.34. The molecule has 0 amide bonds. The molecule has 11 heteroatoms. The lowest BCUT2D eigenvalue weighted by atomic mass is 9.64. The Labute approximate surface area is 241 Å². The smallest absolute Gasteiger partial charge is 0.435 e. The molecule has 1 aromatic heterocycles. The van der Waals surface area contributed by atoms with E-state index in [1.165, 1.54) is 12.1 Å². The maximum absolute atomic E-state index is 14.1. The molecule has 1 saturated carbocycles. The largest absolute Gasteiger partial charge is 0.493 e. The Morgan fingerprint density at radius 1 is 1.05 bits per heavy atom. The number of halogens is 4. The Bertz CT molecular complexity index is 1460. The number of nitrogens with zero attached hydrogens (tertiary/aromatic N) is 3. The van der Waals surface area contributed by atoms with Crippen molar-refractivity contribution in [2.45, 2.75) is 76.7 Å². The van der Waals surface area contributed by atoms with E-state index in [9.17, 15) is 28.5 Å². The quantitative estimate of drug-likeness (QED) is 0.319. The van der Waals surface area contributed by atoms with Crippen LogP contribution in [0.3, 0.4) is 0 Å². The van der Waals surface area contributed by atoms with Crippen molar-refractivity contribution in [3.8, 4) is 11.6 Å². The minimum absolute atomic E-state index is 0.0973. The molecule has 1 aliphatic carbocycles. The molecule has 1 fully saturated rings. The fraction of sp³-hybridized carbons (Fsp3) is 0.433. The molecule has 2 aliphatic rings. The van der Waals surface area contributed by atoms with E-state index in [0.717, 1.165) is 15.9 Å². The van der Waals surface area contributed by atoms with Gasteiger partial charge in [0, 0.05) is 33.7 Å². The molecule has 3 aromatic rings. The van der Waals surface area contributed by atoms with Crippen LogP contribution in [-0.4, -0.2) is 49.6 Å². The lowest BCUT2D eigenvalue weighted by molar-refractivity contribution is -0.145. The molecule has 2 heterocycles. The highest BCUT2D eigenvalue weighted by molar-refractivity contribution is 6.30. The van der Waals surface area contributed by atoms with Gasteiger partial charge in [0.15, 0.2) is 5.69 Å². The molecule has 41 heavy (non-hydrogen) atoms. The Balaban J connectivity index is 1.56. The van der Waals surface area contributed by atoms with Crippen LogP contribution in [-0.2, 0) is 16.3 Å². The molecule has 0 spiro atoms. The van der Waals surface area contributed by atoms with Crippen molar-refractivity contribution in [2.75, 3.05) is 4.90 Å². The van der Waals surface area contributed by atoms with Crippen molar-refractivity contribution in [1.29, 1.82) is 0 Å². The monoisotopic (exact) mass is 591 g/mol. The van der Waals surface area contributed by atoms with Gasteiger partial charge in [0.1, 0.15) is 6.23 Å². The Morgan fingerprint density at radius 2 is 1.68 bits per heavy atom. The minimum Gasteiger partial charge on any atom is -0.493 e. The van der Waals surface area contributed by atoms with Gasteiger partial charge >= 0.3 is 6.18 Å². The van der Waals surface area contributed by atoms with Crippen LogP contribution in [0.2, 0.25) is 5.02 Å². The number of alkyl halides is 3. The number of hydrogen-bond acceptors (Lipinski definition) is 6. The molecule has 0 radical (unpaired) electrons. The number of fused-ring (bicyclic) bond motifs is 1. The number of para-hydroxylation sites is 1. The molecule has 3 atom stereocenters. The van der Waals surface area contributed by atoms with Crippen molar-refractivity contribution in [3.05, 3.63) is 82.1 Å². The predicted molar refractivity (Wildman–Crippen MR) is 149 cm³/mol. The van der Waals surface area contributed by atoms with Gasteiger partial charge in [-0.05, 0) is 56.7 Å². The Hall–Kier alpha value is -3.05. The van der Waals surface area contributed by atoms with Gasteiger partial charge in [-0.1, -0.05) is 49.7 Å². The molecule has 3 N–H and O–H groups in total. The zero-order valence-electron chi connectivity index (χ0n) is 23.3. The predicted octanol–water partition coefficient (Wildman–Crippen LogP) is 6.14. The number of benzene rings is 2. The summed E-state index contributed by atoms with van der Waals surface area (Å²) >= 11 is 6.33. The molecule has 0 bridgehead atoms. The summed E-state index contributed by atoms with van der Waals surface area (Å²) in [5, 5.41) is 37.6. The lowest BCUT2D eigenvalue weighted by Crippen LogP contribution is -2.53. The molecule has 0 saturated heterocycles. The lowest BCUT2D eigenvalue weighted by Gasteiger charge is -2.46. The van der Waals surface area contributed by atoms with Gasteiger partial charge < -0.3 is 25.0 Å². The number of aromatic nitrogens is 2. The fourth-order valence-electron chi connectivity index (χ4n) is 6.07. The number of allylic oxidation sites excluding steroid dienone is 1. The first-order valence-electron chi connectivity index (χ1n) is 13.4. The van der Waals surface area contributed by atoms with Crippen LogP contribution in [0.1, 0.15) is 57.4 Å². The molecule has 7 nitrogen and oxygen atoms in total. The van der Waals surface area contributed by atoms with Gasteiger partial charge in [-0.3, -0.25) is 0 Å². The van der Waals surface area contributed by atoms with Crippen molar-refractivity contribution >= 4 is 17.3 Å². The third-order valence-electron chi connectivity index (χ3n) is 8.00. The summed E-state index contributed by atoms with van der Waals surface area (Å²) in [5.41, 5.74) is 0.0715. The van der Waals surface area contributed by atoms with Crippen LogP contribution in [0.5, 0.6) is 5.88 Å². The second-order valence-electron chi connectivity index (χ2n) is 11.4. The number of ether oxygens (including phenoxy) is 1. The summed E-state index contributed by atoms with van der Waals surface area (Å²) in [6.45, 7) is 9.66. The molecule has 1 aliphatic heterocycles. The molecular formula is C30H33ClF3N3O4. The van der Waals surface area contributed by atoms with E-state index in [1.807, 2.05) is 51.7 Å². The van der Waals surface area contributed by atoms with Gasteiger partial charge in [-0.2, -0.15) is 18.3 Å². The highest BCUT2D eigenvalue weighted by Crippen LogP contribution is 2.54. The van der Waals surface area contributed by atoms with Gasteiger partial charge in [-0.15, -0.1) is 0 Å². The molecule has 2 aromatic carbocycles. The zero-order valence-corrected chi connectivity index (χ0v) is 24.0. The van der Waals surface area contributed by atoms with E-state index in [2.05, 4.69) is 5.10 Å². The van der Waals surface area contributed by atoms with Crippen LogP contribution in [0, 0.1) is 5.92 Å². The van der Waals surface area contributed by atoms with E-state index < -0.39 is 59.0 Å². The standard InChI is InChI=1S/C30H33ClF3N3O4/c1-15(2)41-16(3)36-21-12-11-17(31)13-20(21)29(4,5)22(36)14-19-25(38)23(26(19)39)24-27(30(32,33)34)35-37(28(24)40)18-9-7-6-8-10-18/h6-16,19,23,25-26,38-40H,1-5H3/b22-14+. The van der Waals surface area contributed by atoms with Gasteiger partial charge in [0.25, 0.3) is 0 Å². The number of anilines is 1. The summed E-state index contributed by atoms with van der Waals surface area (Å²) in [7, 11) is 0. The van der Waals surface area contributed by atoms with Crippen LogP contribution >= 0.6 is 11.6 Å². The summed E-state index contributed by atoms with van der Waals surface area (Å²) in [6, 6.07) is 13.4. The highest BCUT2D eigenvalue weighted by atomic mass is 35.5. The first-order chi connectivity index (χ1) is 19.1. The number of aromatic hydroxyl groups is 1. The maximum atomic E-state index is 14.1. The van der Waals surface area contributed by atoms with Gasteiger partial charge in [0.05, 0.1) is 29.6 Å². The van der Waals surface area contributed by atoms with Gasteiger partial charge in [0.2, 0.25) is 5.88 Å². The van der Waals surface area contributed by atoms with Crippen LogP contribution in [0.25, 0.3) is 5.69 Å². The third kappa shape index (κ3) is 4.90. The van der Waals surface area contributed by atoms with E-state index in [4.69, 9.17) is 16.3 Å². The first-order valence-corrected chi connectivity index (χ1v) is 13.8. The highest BCUT2D eigenvalue weighted by Gasteiger charge is 2.56. The van der Waals surface area contributed by atoms with Gasteiger partial charge in [-0.25, -0.2) is 4.68 Å². The second kappa shape index (κ2) is 10.3. The second-order valence-corrected chi connectivity index (χ2v) is 11.8. The number of hydrogen-bond donors (Lipinski definition) is 3. The van der Waals surface area contributed by atoms with E-state index in [1.54, 1.807) is 30.3 Å². The number of aliphatic hydroxyl groups is 2.